The van der Waals surface area contributed by atoms with Crippen LogP contribution < -0.4 is 14.9 Å². The monoisotopic (exact) mass is 340 g/mol. The van der Waals surface area contributed by atoms with Gasteiger partial charge in [-0.3, -0.25) is 9.59 Å². The number of benzene rings is 2. The molecule has 0 bridgehead atoms. The molecular weight excluding hydrogens is 324 g/mol. The van der Waals surface area contributed by atoms with Gasteiger partial charge < -0.3 is 19.0 Å². The second-order valence-corrected chi connectivity index (χ2v) is 5.50. The summed E-state index contributed by atoms with van der Waals surface area (Å²) >= 11 is 0. The van der Waals surface area contributed by atoms with E-state index in [1.54, 1.807) is 24.3 Å². The minimum atomic E-state index is -0.940. The van der Waals surface area contributed by atoms with Gasteiger partial charge in [-0.05, 0) is 36.8 Å². The summed E-state index contributed by atoms with van der Waals surface area (Å²) in [6.07, 6.45) is 1.15. The second kappa shape index (κ2) is 7.09. The highest BCUT2D eigenvalue weighted by Crippen LogP contribution is 2.24. The molecule has 0 spiro atoms. The summed E-state index contributed by atoms with van der Waals surface area (Å²) in [5.41, 5.74) is 1.07. The Kier molecular flexibility index (Phi) is 4.70. The lowest BCUT2D eigenvalue weighted by Crippen LogP contribution is -2.06. The summed E-state index contributed by atoms with van der Waals surface area (Å²) in [6.45, 7) is 1.97. The third-order valence-electron chi connectivity index (χ3n) is 3.52. The van der Waals surface area contributed by atoms with Crippen molar-refractivity contribution in [1.82, 2.24) is 0 Å². The Balaban J connectivity index is 1.85. The average Bonchev–Trinajstić information content (AvgIpc) is 2.57. The van der Waals surface area contributed by atoms with E-state index in [1.165, 1.54) is 6.26 Å². The number of rotatable bonds is 6. The zero-order valence-electron chi connectivity index (χ0n) is 13.5. The summed E-state index contributed by atoms with van der Waals surface area (Å²) in [5, 5.41) is 8.97. The number of carboxylic acid groups (broad SMARTS) is 1. The average molecular weight is 340 g/mol. The molecule has 1 N–H and O–H groups in total. The van der Waals surface area contributed by atoms with Crippen molar-refractivity contribution in [3.05, 3.63) is 64.5 Å². The first-order valence-electron chi connectivity index (χ1n) is 7.67. The highest BCUT2D eigenvalue weighted by atomic mass is 16.5. The molecule has 0 atom stereocenters. The van der Waals surface area contributed by atoms with E-state index in [1.807, 2.05) is 25.1 Å². The summed E-state index contributed by atoms with van der Waals surface area (Å²) in [5.74, 6) is 0.146. The Morgan fingerprint density at radius 3 is 2.76 bits per heavy atom. The normalized spacial score (nSPS) is 10.6. The number of fused-ring (bicyclic) bond motifs is 1. The van der Waals surface area contributed by atoms with E-state index in [2.05, 4.69) is 0 Å². The fourth-order valence-electron chi connectivity index (χ4n) is 2.31. The van der Waals surface area contributed by atoms with Crippen molar-refractivity contribution in [3.8, 4) is 17.2 Å². The van der Waals surface area contributed by atoms with Gasteiger partial charge in [-0.2, -0.15) is 0 Å². The predicted octanol–water partition coefficient (Wildman–Crippen LogP) is 3.75. The molecule has 1 heterocycles. The molecule has 0 saturated heterocycles. The molecule has 0 saturated carbocycles. The van der Waals surface area contributed by atoms with E-state index in [4.69, 9.17) is 19.0 Å². The van der Waals surface area contributed by atoms with Gasteiger partial charge in [-0.1, -0.05) is 12.1 Å². The lowest BCUT2D eigenvalue weighted by molar-refractivity contribution is -0.137. The number of hydrogen-bond donors (Lipinski definition) is 1. The SMILES string of the molecule is Cc1cccc(Oc2coc3cc(OCCC(=O)O)ccc3c2=O)c1. The molecule has 0 radical (unpaired) electrons. The predicted molar refractivity (Wildman–Crippen MR) is 91.5 cm³/mol. The smallest absolute Gasteiger partial charge is 0.306 e. The molecule has 1 aromatic heterocycles. The molecular formula is C19H16O6. The lowest BCUT2D eigenvalue weighted by Gasteiger charge is -2.08. The van der Waals surface area contributed by atoms with Gasteiger partial charge in [-0.15, -0.1) is 0 Å². The third kappa shape index (κ3) is 3.98. The number of carboxylic acids is 1. The van der Waals surface area contributed by atoms with Gasteiger partial charge in [0.1, 0.15) is 23.3 Å². The Hall–Kier alpha value is -3.28. The van der Waals surface area contributed by atoms with Crippen LogP contribution in [0.1, 0.15) is 12.0 Å². The molecule has 0 unspecified atom stereocenters. The summed E-state index contributed by atoms with van der Waals surface area (Å²) in [6, 6.07) is 12.1. The van der Waals surface area contributed by atoms with E-state index in [9.17, 15) is 9.59 Å². The number of ether oxygens (including phenoxy) is 2. The zero-order chi connectivity index (χ0) is 17.8. The zero-order valence-corrected chi connectivity index (χ0v) is 13.5. The standard InChI is InChI=1S/C19H16O6/c1-12-3-2-4-14(9-12)25-17-11-24-16-10-13(23-8-7-18(20)21)5-6-15(16)19(17)22/h2-6,9-11H,7-8H2,1H3,(H,20,21). The molecule has 0 amide bonds. The highest BCUT2D eigenvalue weighted by molar-refractivity contribution is 5.79. The molecule has 0 aliphatic heterocycles. The Morgan fingerprint density at radius 1 is 1.16 bits per heavy atom. The molecule has 6 nitrogen and oxygen atoms in total. The molecule has 0 fully saturated rings. The maximum absolute atomic E-state index is 12.5. The van der Waals surface area contributed by atoms with Crippen LogP contribution in [0.2, 0.25) is 0 Å². The van der Waals surface area contributed by atoms with Gasteiger partial charge in [0.15, 0.2) is 0 Å². The quantitative estimate of drug-likeness (QED) is 0.735. The third-order valence-corrected chi connectivity index (χ3v) is 3.52. The fraction of sp³-hybridized carbons (Fsp3) is 0.158. The molecule has 3 rings (SSSR count). The first kappa shape index (κ1) is 16.6. The lowest BCUT2D eigenvalue weighted by atomic mass is 10.2. The first-order chi connectivity index (χ1) is 12.0. The second-order valence-electron chi connectivity index (χ2n) is 5.50. The van der Waals surface area contributed by atoms with Crippen LogP contribution >= 0.6 is 0 Å². The maximum atomic E-state index is 12.5. The number of carbonyl (C=O) groups is 1. The number of aryl methyl sites for hydroxylation is 1. The maximum Gasteiger partial charge on any atom is 0.306 e. The number of hydrogen-bond acceptors (Lipinski definition) is 5. The van der Waals surface area contributed by atoms with Crippen LogP contribution in [-0.4, -0.2) is 17.7 Å². The summed E-state index contributed by atoms with van der Waals surface area (Å²) < 4.78 is 16.4. The van der Waals surface area contributed by atoms with Crippen LogP contribution in [0.5, 0.6) is 17.2 Å². The van der Waals surface area contributed by atoms with Gasteiger partial charge in [0, 0.05) is 6.07 Å². The topological polar surface area (TPSA) is 86.0 Å². The molecule has 0 aliphatic rings. The van der Waals surface area contributed by atoms with E-state index < -0.39 is 5.97 Å². The van der Waals surface area contributed by atoms with Crippen molar-refractivity contribution in [3.63, 3.8) is 0 Å². The summed E-state index contributed by atoms with van der Waals surface area (Å²) in [4.78, 5) is 23.0. The van der Waals surface area contributed by atoms with Gasteiger partial charge in [0.2, 0.25) is 11.2 Å². The van der Waals surface area contributed by atoms with Crippen molar-refractivity contribution < 1.29 is 23.8 Å². The van der Waals surface area contributed by atoms with Crippen LogP contribution in [0.3, 0.4) is 0 Å². The van der Waals surface area contributed by atoms with Crippen molar-refractivity contribution >= 4 is 16.9 Å². The van der Waals surface area contributed by atoms with Crippen LogP contribution in [0, 0.1) is 6.92 Å². The van der Waals surface area contributed by atoms with Gasteiger partial charge in [0.25, 0.3) is 0 Å². The van der Waals surface area contributed by atoms with Crippen LogP contribution in [0.25, 0.3) is 11.0 Å². The fourth-order valence-corrected chi connectivity index (χ4v) is 2.31. The van der Waals surface area contributed by atoms with Crippen molar-refractivity contribution in [2.24, 2.45) is 0 Å². The van der Waals surface area contributed by atoms with Gasteiger partial charge >= 0.3 is 5.97 Å². The van der Waals surface area contributed by atoms with E-state index >= 15 is 0 Å². The Labute approximate surface area is 143 Å². The van der Waals surface area contributed by atoms with Crippen molar-refractivity contribution in [2.75, 3.05) is 6.61 Å². The molecule has 2 aromatic carbocycles. The van der Waals surface area contributed by atoms with E-state index in [-0.39, 0.29) is 24.2 Å². The van der Waals surface area contributed by atoms with Crippen molar-refractivity contribution in [2.45, 2.75) is 13.3 Å². The van der Waals surface area contributed by atoms with Gasteiger partial charge in [0.05, 0.1) is 18.4 Å². The van der Waals surface area contributed by atoms with Crippen LogP contribution in [0.15, 0.2) is 57.9 Å². The van der Waals surface area contributed by atoms with Crippen LogP contribution in [0.4, 0.5) is 0 Å². The minimum Gasteiger partial charge on any atom is -0.493 e. The highest BCUT2D eigenvalue weighted by Gasteiger charge is 2.10. The van der Waals surface area contributed by atoms with Gasteiger partial charge in [-0.25, -0.2) is 0 Å². The molecule has 128 valence electrons. The molecule has 25 heavy (non-hydrogen) atoms. The largest absolute Gasteiger partial charge is 0.493 e. The minimum absolute atomic E-state index is 0.0413. The summed E-state index contributed by atoms with van der Waals surface area (Å²) in [7, 11) is 0. The first-order valence-corrected chi connectivity index (χ1v) is 7.67. The van der Waals surface area contributed by atoms with Crippen molar-refractivity contribution in [1.29, 1.82) is 0 Å². The Bertz CT molecular complexity index is 973. The van der Waals surface area contributed by atoms with Crippen LogP contribution in [-0.2, 0) is 4.79 Å². The molecule has 0 aliphatic carbocycles. The van der Waals surface area contributed by atoms with E-state index in [0.29, 0.717) is 22.5 Å². The van der Waals surface area contributed by atoms with E-state index in [0.717, 1.165) is 5.56 Å². The number of aliphatic carboxylic acids is 1. The molecule has 3 aromatic rings. The Morgan fingerprint density at radius 2 is 2.00 bits per heavy atom. The molecule has 6 heteroatoms.